The van der Waals surface area contributed by atoms with Crippen LogP contribution in [0.5, 0.6) is 0 Å². The lowest BCUT2D eigenvalue weighted by atomic mass is 9.82. The molecule has 5 rings (SSSR count). The van der Waals surface area contributed by atoms with Crippen LogP contribution in [0.1, 0.15) is 50.8 Å². The number of rotatable bonds is 4. The minimum Gasteiger partial charge on any atom is -0.375 e. The normalized spacial score (nSPS) is 25.1. The number of nitrogens with zero attached hydrogens (tertiary/aromatic N) is 3. The third-order valence-corrected chi connectivity index (χ3v) is 7.17. The molecule has 4 heterocycles. The van der Waals surface area contributed by atoms with Gasteiger partial charge in [-0.05, 0) is 63.7 Å². The van der Waals surface area contributed by atoms with Gasteiger partial charge in [-0.3, -0.25) is 4.79 Å². The van der Waals surface area contributed by atoms with Crippen molar-refractivity contribution in [1.82, 2.24) is 19.8 Å². The lowest BCUT2D eigenvalue weighted by molar-refractivity contribution is -0.148. The SMILES string of the molecule is O=C(CCc1nc2ccccc2[nH]1)N1CCC2(CC1)CC(N1CCCC1)CCO2. The summed E-state index contributed by atoms with van der Waals surface area (Å²) in [4.78, 5) is 25.4. The highest BCUT2D eigenvalue weighted by molar-refractivity contribution is 5.77. The molecule has 3 aliphatic heterocycles. The first-order valence-electron chi connectivity index (χ1n) is 11.3. The van der Waals surface area contributed by atoms with E-state index >= 15 is 0 Å². The number of likely N-dealkylation sites (tertiary alicyclic amines) is 2. The number of H-pyrrole nitrogens is 1. The summed E-state index contributed by atoms with van der Waals surface area (Å²) >= 11 is 0. The highest BCUT2D eigenvalue weighted by Gasteiger charge is 2.42. The molecule has 1 amide bonds. The Bertz CT molecular complexity index is 816. The Hall–Kier alpha value is -1.92. The number of hydrogen-bond acceptors (Lipinski definition) is 4. The summed E-state index contributed by atoms with van der Waals surface area (Å²) in [5.74, 6) is 1.14. The Kier molecular flexibility index (Phi) is 5.31. The largest absolute Gasteiger partial charge is 0.375 e. The Morgan fingerprint density at radius 2 is 1.97 bits per heavy atom. The smallest absolute Gasteiger partial charge is 0.223 e. The van der Waals surface area contributed by atoms with Gasteiger partial charge in [-0.25, -0.2) is 4.98 Å². The number of imidazole rings is 1. The molecule has 1 atom stereocenters. The number of fused-ring (bicyclic) bond motifs is 1. The van der Waals surface area contributed by atoms with E-state index in [-0.39, 0.29) is 11.5 Å². The number of aryl methyl sites for hydroxylation is 1. The van der Waals surface area contributed by atoms with E-state index in [2.05, 4.69) is 14.9 Å². The fourth-order valence-electron chi connectivity index (χ4n) is 5.44. The second kappa shape index (κ2) is 8.07. The van der Waals surface area contributed by atoms with Gasteiger partial charge >= 0.3 is 0 Å². The monoisotopic (exact) mass is 396 g/mol. The van der Waals surface area contributed by atoms with Crippen molar-refractivity contribution in [2.45, 2.75) is 63.0 Å². The van der Waals surface area contributed by atoms with Gasteiger partial charge in [0.1, 0.15) is 5.82 Å². The highest BCUT2D eigenvalue weighted by Crippen LogP contribution is 2.37. The number of nitrogens with one attached hydrogen (secondary N) is 1. The van der Waals surface area contributed by atoms with Crippen LogP contribution in [0.4, 0.5) is 0 Å². The first-order chi connectivity index (χ1) is 14.2. The van der Waals surface area contributed by atoms with Crippen LogP contribution in [-0.2, 0) is 16.0 Å². The van der Waals surface area contributed by atoms with Gasteiger partial charge in [0.05, 0.1) is 16.6 Å². The molecule has 1 unspecified atom stereocenters. The quantitative estimate of drug-likeness (QED) is 0.863. The number of piperidine rings is 1. The second-order valence-corrected chi connectivity index (χ2v) is 9.00. The predicted molar refractivity (Wildman–Crippen MR) is 113 cm³/mol. The van der Waals surface area contributed by atoms with E-state index in [1.54, 1.807) is 0 Å². The minimum atomic E-state index is 0.00101. The lowest BCUT2D eigenvalue weighted by Gasteiger charge is -2.48. The number of carbonyl (C=O) groups is 1. The van der Waals surface area contributed by atoms with Crippen molar-refractivity contribution in [2.75, 3.05) is 32.8 Å². The van der Waals surface area contributed by atoms with E-state index in [4.69, 9.17) is 4.74 Å². The maximum absolute atomic E-state index is 12.8. The van der Waals surface area contributed by atoms with Crippen molar-refractivity contribution in [1.29, 1.82) is 0 Å². The molecule has 0 saturated carbocycles. The van der Waals surface area contributed by atoms with E-state index in [1.807, 2.05) is 29.2 Å². The zero-order chi connectivity index (χ0) is 19.7. The number of aromatic amines is 1. The minimum absolute atomic E-state index is 0.00101. The number of aromatic nitrogens is 2. The third-order valence-electron chi connectivity index (χ3n) is 7.17. The average Bonchev–Trinajstić information content (AvgIpc) is 3.42. The van der Waals surface area contributed by atoms with Crippen LogP contribution in [0.15, 0.2) is 24.3 Å². The highest BCUT2D eigenvalue weighted by atomic mass is 16.5. The molecule has 0 bridgehead atoms. The molecule has 1 N–H and O–H groups in total. The number of ether oxygens (including phenoxy) is 1. The molecule has 6 nitrogen and oxygen atoms in total. The molecule has 3 saturated heterocycles. The van der Waals surface area contributed by atoms with Gasteiger partial charge in [-0.2, -0.15) is 0 Å². The molecular weight excluding hydrogens is 364 g/mol. The summed E-state index contributed by atoms with van der Waals surface area (Å²) in [7, 11) is 0. The van der Waals surface area contributed by atoms with Crippen LogP contribution >= 0.6 is 0 Å². The maximum atomic E-state index is 12.8. The van der Waals surface area contributed by atoms with Crippen LogP contribution < -0.4 is 0 Å². The molecule has 2 aromatic rings. The fraction of sp³-hybridized carbons (Fsp3) is 0.652. The zero-order valence-electron chi connectivity index (χ0n) is 17.2. The summed E-state index contributed by atoms with van der Waals surface area (Å²) in [6.07, 6.45) is 8.15. The maximum Gasteiger partial charge on any atom is 0.223 e. The molecule has 0 radical (unpaired) electrons. The van der Waals surface area contributed by atoms with Crippen molar-refractivity contribution in [3.05, 3.63) is 30.1 Å². The summed E-state index contributed by atoms with van der Waals surface area (Å²) < 4.78 is 6.31. The van der Waals surface area contributed by atoms with E-state index in [0.717, 1.165) is 55.8 Å². The van der Waals surface area contributed by atoms with Crippen molar-refractivity contribution < 1.29 is 9.53 Å². The Morgan fingerprint density at radius 1 is 1.17 bits per heavy atom. The van der Waals surface area contributed by atoms with Gasteiger partial charge in [-0.15, -0.1) is 0 Å². The Labute approximate surface area is 172 Å². The number of para-hydroxylation sites is 2. The van der Waals surface area contributed by atoms with Crippen molar-refractivity contribution in [3.8, 4) is 0 Å². The summed E-state index contributed by atoms with van der Waals surface area (Å²) in [6, 6.07) is 8.70. The first-order valence-corrected chi connectivity index (χ1v) is 11.3. The number of benzene rings is 1. The van der Waals surface area contributed by atoms with E-state index in [0.29, 0.717) is 18.9 Å². The third kappa shape index (κ3) is 4.05. The first kappa shape index (κ1) is 19.1. The van der Waals surface area contributed by atoms with Gasteiger partial charge in [0.25, 0.3) is 0 Å². The zero-order valence-corrected chi connectivity index (χ0v) is 17.2. The molecule has 3 fully saturated rings. The average molecular weight is 397 g/mol. The van der Waals surface area contributed by atoms with Gasteiger partial charge in [0.2, 0.25) is 5.91 Å². The van der Waals surface area contributed by atoms with E-state index < -0.39 is 0 Å². The van der Waals surface area contributed by atoms with Gasteiger partial charge in [0.15, 0.2) is 0 Å². The van der Waals surface area contributed by atoms with Crippen LogP contribution in [0.3, 0.4) is 0 Å². The molecule has 3 aliphatic rings. The van der Waals surface area contributed by atoms with Gasteiger partial charge in [-0.1, -0.05) is 12.1 Å². The van der Waals surface area contributed by atoms with E-state index in [1.165, 1.54) is 32.4 Å². The van der Waals surface area contributed by atoms with Crippen LogP contribution in [0, 0.1) is 0 Å². The molecule has 1 aromatic carbocycles. The predicted octanol–water partition coefficient (Wildman–Crippen LogP) is 3.13. The summed E-state index contributed by atoms with van der Waals surface area (Å²) in [6.45, 7) is 5.04. The number of hydrogen-bond donors (Lipinski definition) is 1. The Morgan fingerprint density at radius 3 is 2.76 bits per heavy atom. The van der Waals surface area contributed by atoms with Crippen molar-refractivity contribution in [3.63, 3.8) is 0 Å². The van der Waals surface area contributed by atoms with Crippen LogP contribution in [0.25, 0.3) is 11.0 Å². The molecule has 156 valence electrons. The Balaban J connectivity index is 1.13. The number of amides is 1. The number of carbonyl (C=O) groups excluding carboxylic acids is 1. The van der Waals surface area contributed by atoms with Gasteiger partial charge in [0, 0.05) is 38.6 Å². The molecular formula is C23H32N4O2. The van der Waals surface area contributed by atoms with Crippen molar-refractivity contribution in [2.24, 2.45) is 0 Å². The molecule has 0 aliphatic carbocycles. The van der Waals surface area contributed by atoms with Crippen LogP contribution in [-0.4, -0.2) is 70.1 Å². The molecule has 1 aromatic heterocycles. The topological polar surface area (TPSA) is 61.5 Å². The summed E-state index contributed by atoms with van der Waals surface area (Å²) in [5, 5.41) is 0. The van der Waals surface area contributed by atoms with Crippen molar-refractivity contribution >= 4 is 16.9 Å². The lowest BCUT2D eigenvalue weighted by Crippen LogP contribution is -2.54. The standard InChI is InChI=1S/C23H32N4O2/c28-22(8-7-21-24-19-5-1-2-6-20(19)25-21)27-14-10-23(11-15-27)17-18(9-16-29-23)26-12-3-4-13-26/h1-2,5-6,18H,3-4,7-17H2,(H,24,25). The molecule has 29 heavy (non-hydrogen) atoms. The molecule has 1 spiro atoms. The van der Waals surface area contributed by atoms with Gasteiger partial charge < -0.3 is 19.5 Å². The fourth-order valence-corrected chi connectivity index (χ4v) is 5.44. The molecule has 6 heteroatoms. The van der Waals surface area contributed by atoms with E-state index in [9.17, 15) is 4.79 Å². The van der Waals surface area contributed by atoms with Crippen LogP contribution in [0.2, 0.25) is 0 Å². The second-order valence-electron chi connectivity index (χ2n) is 9.00. The summed E-state index contributed by atoms with van der Waals surface area (Å²) in [5.41, 5.74) is 2.01.